The summed E-state index contributed by atoms with van der Waals surface area (Å²) in [7, 11) is 0. The highest BCUT2D eigenvalue weighted by molar-refractivity contribution is 5.98. The van der Waals surface area contributed by atoms with Gasteiger partial charge >= 0.3 is 0 Å². The molecule has 1 aromatic carbocycles. The second-order valence-corrected chi connectivity index (χ2v) is 10.8. The van der Waals surface area contributed by atoms with Crippen LogP contribution >= 0.6 is 0 Å². The number of epoxide rings is 1. The van der Waals surface area contributed by atoms with E-state index in [1.54, 1.807) is 6.92 Å². The molecule has 1 aliphatic heterocycles. The summed E-state index contributed by atoms with van der Waals surface area (Å²) < 4.78 is 5.33. The molecule has 0 aromatic heterocycles. The van der Waals surface area contributed by atoms with Gasteiger partial charge in [0.15, 0.2) is 5.78 Å². The fraction of sp³-hybridized carbons (Fsp3) is 0.630. The molecule has 1 fully saturated rings. The van der Waals surface area contributed by atoms with E-state index in [0.29, 0.717) is 26.0 Å². The Balaban J connectivity index is 2.22. The Morgan fingerprint density at radius 3 is 2.00 bits per heavy atom. The minimum atomic E-state index is -0.999. The minimum Gasteiger partial charge on any atom is -0.361 e. The number of hydrogen-bond donors (Lipinski definition) is 7. The number of hydrogen-bond acceptors (Lipinski definition) is 9. The number of Topliss-reactive ketones (excluding diaryl/α,β-unsaturated/α-hetero) is 1. The van der Waals surface area contributed by atoms with Gasteiger partial charge in [-0.2, -0.15) is 0 Å². The number of ether oxygens (including phenoxy) is 1. The first-order valence-corrected chi connectivity index (χ1v) is 13.5. The topological polar surface area (TPSA) is 207 Å². The summed E-state index contributed by atoms with van der Waals surface area (Å²) in [6.07, 6.45) is 0.639. The molecule has 0 spiro atoms. The molecule has 0 saturated carbocycles. The van der Waals surface area contributed by atoms with E-state index in [-0.39, 0.29) is 24.5 Å². The molecule has 1 aliphatic rings. The Bertz CT molecular complexity index is 967. The van der Waals surface area contributed by atoms with E-state index in [4.69, 9.17) is 21.9 Å². The molecule has 218 valence electrons. The van der Waals surface area contributed by atoms with Gasteiger partial charge in [-0.3, -0.25) is 24.5 Å². The monoisotopic (exact) mass is 547 g/mol. The molecular formula is C27H45N7O5. The van der Waals surface area contributed by atoms with Gasteiger partial charge in [0.25, 0.3) is 0 Å². The average molecular weight is 548 g/mol. The third-order valence-corrected chi connectivity index (χ3v) is 6.45. The maximum atomic E-state index is 13.6. The Kier molecular flexibility index (Phi) is 12.5. The molecule has 3 amide bonds. The van der Waals surface area contributed by atoms with Crippen molar-refractivity contribution in [2.24, 2.45) is 23.1 Å². The van der Waals surface area contributed by atoms with E-state index < -0.39 is 53.8 Å². The Morgan fingerprint density at radius 2 is 1.46 bits per heavy atom. The smallest absolute Gasteiger partial charge is 0.243 e. The normalized spacial score (nSPS) is 19.6. The van der Waals surface area contributed by atoms with Crippen LogP contribution in [0.3, 0.4) is 0 Å². The number of carbonyl (C=O) groups excluding carboxylic acids is 4. The summed E-state index contributed by atoms with van der Waals surface area (Å²) in [4.78, 5) is 52.4. The van der Waals surface area contributed by atoms with Crippen LogP contribution in [0.4, 0.5) is 0 Å². The van der Waals surface area contributed by atoms with Gasteiger partial charge in [-0.1, -0.05) is 44.2 Å². The van der Waals surface area contributed by atoms with E-state index in [1.165, 1.54) is 6.92 Å². The quantitative estimate of drug-likeness (QED) is 0.0724. The first-order chi connectivity index (χ1) is 18.3. The van der Waals surface area contributed by atoms with Crippen molar-refractivity contribution in [2.45, 2.75) is 89.4 Å². The van der Waals surface area contributed by atoms with Crippen LogP contribution in [-0.4, -0.2) is 72.7 Å². The molecular weight excluding hydrogens is 502 g/mol. The second-order valence-electron chi connectivity index (χ2n) is 10.8. The summed E-state index contributed by atoms with van der Waals surface area (Å²) in [5, 5.41) is 11.2. The molecule has 1 aromatic rings. The molecule has 1 heterocycles. The van der Waals surface area contributed by atoms with Crippen LogP contribution in [0.15, 0.2) is 30.3 Å². The first kappa shape index (κ1) is 32.3. The SMILES string of the molecule is CC(C)C[C@H](NC(=O)[C@H](Cc1ccccc1)NC(=O)[C@H](CCCNC(N)N)NC(=O)[C@H](C)N)C(=O)[C@@]1(C)CO1. The first-order valence-electron chi connectivity index (χ1n) is 13.5. The van der Waals surface area contributed by atoms with Crippen molar-refractivity contribution in [1.29, 1.82) is 0 Å². The van der Waals surface area contributed by atoms with Gasteiger partial charge in [0.05, 0.1) is 18.7 Å². The van der Waals surface area contributed by atoms with E-state index in [0.717, 1.165) is 5.56 Å². The van der Waals surface area contributed by atoms with Gasteiger partial charge in [-0.05, 0) is 51.1 Å². The standard InChI is InChI=1S/C27H45N7O5/c1-16(2)13-20(22(35)27(4)15-39-27)33-25(38)21(14-18-9-6-5-7-10-18)34-24(37)19(32-23(36)17(3)28)11-8-12-31-26(29)30/h5-7,9-10,16-17,19-21,26,31H,8,11-15,28-30H2,1-4H3,(H,32,36)(H,33,38)(H,34,37)/t17-,19-,20-,21-,27+/m0/s1. The summed E-state index contributed by atoms with van der Waals surface area (Å²) in [6, 6.07) is 5.68. The van der Waals surface area contributed by atoms with Crippen LogP contribution in [0.25, 0.3) is 0 Å². The largest absolute Gasteiger partial charge is 0.361 e. The zero-order chi connectivity index (χ0) is 29.2. The third-order valence-electron chi connectivity index (χ3n) is 6.45. The summed E-state index contributed by atoms with van der Waals surface area (Å²) in [5.41, 5.74) is 16.6. The number of ketones is 1. The Labute approximate surface area is 230 Å². The summed E-state index contributed by atoms with van der Waals surface area (Å²) in [5.74, 6) is -1.59. The number of rotatable bonds is 17. The molecule has 39 heavy (non-hydrogen) atoms. The van der Waals surface area contributed by atoms with Gasteiger partial charge in [-0.15, -0.1) is 0 Å². The Hall–Kier alpha value is -2.90. The van der Waals surface area contributed by atoms with Crippen molar-refractivity contribution in [3.05, 3.63) is 35.9 Å². The molecule has 1 saturated heterocycles. The predicted octanol–water partition coefficient (Wildman–Crippen LogP) is -0.994. The summed E-state index contributed by atoms with van der Waals surface area (Å²) >= 11 is 0. The highest BCUT2D eigenvalue weighted by Gasteiger charge is 2.50. The summed E-state index contributed by atoms with van der Waals surface area (Å²) in [6.45, 7) is 7.87. The van der Waals surface area contributed by atoms with Crippen LogP contribution in [0.5, 0.6) is 0 Å². The van der Waals surface area contributed by atoms with Gasteiger partial charge in [-0.25, -0.2) is 0 Å². The van der Waals surface area contributed by atoms with Crippen LogP contribution in [0.1, 0.15) is 52.5 Å². The minimum absolute atomic E-state index is 0.136. The number of amides is 3. The lowest BCUT2D eigenvalue weighted by atomic mass is 9.93. The van der Waals surface area contributed by atoms with Crippen molar-refractivity contribution in [2.75, 3.05) is 13.2 Å². The fourth-order valence-corrected chi connectivity index (χ4v) is 4.07. The van der Waals surface area contributed by atoms with E-state index in [2.05, 4.69) is 21.3 Å². The Morgan fingerprint density at radius 1 is 0.897 bits per heavy atom. The lowest BCUT2D eigenvalue weighted by molar-refractivity contribution is -0.134. The van der Waals surface area contributed by atoms with Gasteiger partial charge in [0.2, 0.25) is 17.7 Å². The molecule has 10 N–H and O–H groups in total. The molecule has 12 heteroatoms. The third kappa shape index (κ3) is 11.0. The van der Waals surface area contributed by atoms with Crippen LogP contribution in [-0.2, 0) is 30.3 Å². The molecule has 5 atom stereocenters. The van der Waals surface area contributed by atoms with E-state index >= 15 is 0 Å². The number of benzene rings is 1. The maximum absolute atomic E-state index is 13.6. The van der Waals surface area contributed by atoms with Gasteiger partial charge < -0.3 is 37.9 Å². The van der Waals surface area contributed by atoms with Crippen LogP contribution < -0.4 is 38.5 Å². The van der Waals surface area contributed by atoms with Gasteiger partial charge in [0.1, 0.15) is 24.0 Å². The van der Waals surface area contributed by atoms with Crippen molar-refractivity contribution < 1.29 is 23.9 Å². The van der Waals surface area contributed by atoms with Crippen LogP contribution in [0, 0.1) is 5.92 Å². The fourth-order valence-electron chi connectivity index (χ4n) is 4.07. The van der Waals surface area contributed by atoms with Crippen molar-refractivity contribution in [3.8, 4) is 0 Å². The van der Waals surface area contributed by atoms with Crippen molar-refractivity contribution in [3.63, 3.8) is 0 Å². The number of carbonyl (C=O) groups is 4. The zero-order valence-electron chi connectivity index (χ0n) is 23.4. The number of nitrogens with two attached hydrogens (primary N) is 3. The van der Waals surface area contributed by atoms with E-state index in [9.17, 15) is 19.2 Å². The van der Waals surface area contributed by atoms with Crippen molar-refractivity contribution >= 4 is 23.5 Å². The van der Waals surface area contributed by atoms with Crippen LogP contribution in [0.2, 0.25) is 0 Å². The molecule has 0 unspecified atom stereocenters. The van der Waals surface area contributed by atoms with Crippen molar-refractivity contribution in [1.82, 2.24) is 21.3 Å². The van der Waals surface area contributed by atoms with E-state index in [1.807, 2.05) is 44.2 Å². The number of nitrogens with one attached hydrogen (secondary N) is 4. The lowest BCUT2D eigenvalue weighted by Gasteiger charge is -2.27. The predicted molar refractivity (Wildman–Crippen MR) is 148 cm³/mol. The lowest BCUT2D eigenvalue weighted by Crippen LogP contribution is -2.58. The molecule has 12 nitrogen and oxygen atoms in total. The second kappa shape index (κ2) is 15.0. The van der Waals surface area contributed by atoms with Gasteiger partial charge in [0, 0.05) is 6.42 Å². The molecule has 0 bridgehead atoms. The highest BCUT2D eigenvalue weighted by atomic mass is 16.6. The molecule has 0 radical (unpaired) electrons. The average Bonchev–Trinajstić information content (AvgIpc) is 3.62. The highest BCUT2D eigenvalue weighted by Crippen LogP contribution is 2.29. The zero-order valence-corrected chi connectivity index (χ0v) is 23.4. The molecule has 2 rings (SSSR count). The molecule has 0 aliphatic carbocycles. The maximum Gasteiger partial charge on any atom is 0.243 e.